The van der Waals surface area contributed by atoms with Crippen LogP contribution in [-0.2, 0) is 9.53 Å². The Balaban J connectivity index is 1.71. The number of nitrogens with one attached hydrogen (secondary N) is 1. The Morgan fingerprint density at radius 3 is 3.05 bits per heavy atom. The first kappa shape index (κ1) is 14.0. The van der Waals surface area contributed by atoms with Crippen LogP contribution in [0.3, 0.4) is 0 Å². The van der Waals surface area contributed by atoms with Crippen LogP contribution < -0.4 is 5.32 Å². The van der Waals surface area contributed by atoms with Gasteiger partial charge in [-0.3, -0.25) is 9.69 Å². The van der Waals surface area contributed by atoms with Crippen molar-refractivity contribution in [2.24, 2.45) is 0 Å². The van der Waals surface area contributed by atoms with Gasteiger partial charge in [-0.05, 0) is 33.2 Å². The zero-order valence-electron chi connectivity index (χ0n) is 11.5. The predicted octanol–water partition coefficient (Wildman–Crippen LogP) is 1.42. The molecule has 1 amide bonds. The van der Waals surface area contributed by atoms with Gasteiger partial charge in [0.2, 0.25) is 5.91 Å². The molecule has 0 aliphatic carbocycles. The Labute approximate surface area is 113 Å². The summed E-state index contributed by atoms with van der Waals surface area (Å²) >= 11 is 0. The summed E-state index contributed by atoms with van der Waals surface area (Å²) in [5.74, 6) is 1.05. The van der Waals surface area contributed by atoms with Gasteiger partial charge in [0.1, 0.15) is 5.76 Å². The first-order valence-corrected chi connectivity index (χ1v) is 6.67. The van der Waals surface area contributed by atoms with E-state index in [4.69, 9.17) is 9.26 Å². The normalized spacial score (nSPS) is 19.6. The van der Waals surface area contributed by atoms with Crippen molar-refractivity contribution in [3.05, 3.63) is 11.8 Å². The van der Waals surface area contributed by atoms with Crippen LogP contribution in [0.15, 0.2) is 10.6 Å². The molecule has 2 rings (SSSR count). The van der Waals surface area contributed by atoms with E-state index in [0.717, 1.165) is 26.0 Å². The first-order chi connectivity index (χ1) is 9.13. The van der Waals surface area contributed by atoms with E-state index in [-0.39, 0.29) is 12.0 Å². The van der Waals surface area contributed by atoms with Gasteiger partial charge in [-0.25, -0.2) is 0 Å². The number of carbonyl (C=O) groups excluding carboxylic acids is 1. The number of likely N-dealkylation sites (N-methyl/N-ethyl adjacent to an activating group) is 1. The van der Waals surface area contributed by atoms with E-state index in [9.17, 15) is 4.79 Å². The molecule has 1 fully saturated rings. The van der Waals surface area contributed by atoms with Gasteiger partial charge in [0.25, 0.3) is 0 Å². The number of nitrogens with zero attached hydrogens (tertiary/aromatic N) is 2. The molecule has 1 aliphatic rings. The zero-order chi connectivity index (χ0) is 13.7. The monoisotopic (exact) mass is 267 g/mol. The van der Waals surface area contributed by atoms with E-state index in [1.807, 2.05) is 11.9 Å². The van der Waals surface area contributed by atoms with Gasteiger partial charge < -0.3 is 14.6 Å². The largest absolute Gasteiger partial charge is 0.377 e. The second-order valence-electron chi connectivity index (χ2n) is 5.06. The maximum absolute atomic E-state index is 11.8. The fourth-order valence-electron chi connectivity index (χ4n) is 2.22. The molecule has 6 heteroatoms. The molecule has 0 radical (unpaired) electrons. The smallest absolute Gasteiger partial charge is 0.239 e. The number of ether oxygens (including phenoxy) is 1. The standard InChI is InChI=1S/C13H21N3O3/c1-10-7-12(15-19-10)14-13(17)9-16(2)8-11-5-3-4-6-18-11/h7,11H,3-6,8-9H2,1-2H3,(H,14,15,17)/t11-/m0/s1. The molecule has 1 saturated heterocycles. The van der Waals surface area contributed by atoms with Crippen molar-refractivity contribution in [3.8, 4) is 0 Å². The molecule has 0 aromatic carbocycles. The molecule has 0 bridgehead atoms. The van der Waals surface area contributed by atoms with E-state index < -0.39 is 0 Å². The molecular formula is C13H21N3O3. The topological polar surface area (TPSA) is 67.6 Å². The van der Waals surface area contributed by atoms with Crippen LogP contribution in [0.2, 0.25) is 0 Å². The second kappa shape index (κ2) is 6.68. The summed E-state index contributed by atoms with van der Waals surface area (Å²) in [5, 5.41) is 6.43. The highest BCUT2D eigenvalue weighted by molar-refractivity contribution is 5.91. The lowest BCUT2D eigenvalue weighted by atomic mass is 10.1. The molecule has 1 aromatic heterocycles. The van der Waals surface area contributed by atoms with Crippen LogP contribution in [0.25, 0.3) is 0 Å². The third kappa shape index (κ3) is 4.65. The number of amides is 1. The lowest BCUT2D eigenvalue weighted by molar-refractivity contribution is -0.117. The number of hydrogen-bond acceptors (Lipinski definition) is 5. The van der Waals surface area contributed by atoms with Gasteiger partial charge in [0.05, 0.1) is 12.6 Å². The average Bonchev–Trinajstić information content (AvgIpc) is 2.75. The summed E-state index contributed by atoms with van der Waals surface area (Å²) in [6.45, 7) is 3.73. The third-order valence-electron chi connectivity index (χ3n) is 3.10. The number of hydrogen-bond donors (Lipinski definition) is 1. The van der Waals surface area contributed by atoms with Crippen LogP contribution in [-0.4, -0.2) is 48.8 Å². The minimum atomic E-state index is -0.0911. The third-order valence-corrected chi connectivity index (χ3v) is 3.10. The van der Waals surface area contributed by atoms with Crippen LogP contribution >= 0.6 is 0 Å². The number of aryl methyl sites for hydroxylation is 1. The Morgan fingerprint density at radius 1 is 1.58 bits per heavy atom. The van der Waals surface area contributed by atoms with Gasteiger partial charge >= 0.3 is 0 Å². The van der Waals surface area contributed by atoms with Crippen LogP contribution in [0.1, 0.15) is 25.0 Å². The van der Waals surface area contributed by atoms with Gasteiger partial charge in [0, 0.05) is 19.2 Å². The molecule has 0 spiro atoms. The Hall–Kier alpha value is -1.40. The highest BCUT2D eigenvalue weighted by atomic mass is 16.5. The van der Waals surface area contributed by atoms with Crippen LogP contribution in [0.5, 0.6) is 0 Å². The van der Waals surface area contributed by atoms with E-state index in [1.54, 1.807) is 13.0 Å². The minimum absolute atomic E-state index is 0.0911. The lowest BCUT2D eigenvalue weighted by Gasteiger charge is -2.26. The van der Waals surface area contributed by atoms with Crippen molar-refractivity contribution >= 4 is 11.7 Å². The summed E-state index contributed by atoms with van der Waals surface area (Å²) in [6.07, 6.45) is 3.68. The molecule has 6 nitrogen and oxygen atoms in total. The van der Waals surface area contributed by atoms with E-state index in [2.05, 4.69) is 10.5 Å². The Morgan fingerprint density at radius 2 is 2.42 bits per heavy atom. The number of anilines is 1. The average molecular weight is 267 g/mol. The summed E-state index contributed by atoms with van der Waals surface area (Å²) in [6, 6.07) is 1.70. The molecule has 1 aromatic rings. The highest BCUT2D eigenvalue weighted by Crippen LogP contribution is 2.13. The molecule has 1 atom stereocenters. The van der Waals surface area contributed by atoms with Gasteiger partial charge in [-0.15, -0.1) is 0 Å². The Bertz CT molecular complexity index is 413. The maximum atomic E-state index is 11.8. The fourth-order valence-corrected chi connectivity index (χ4v) is 2.22. The van der Waals surface area contributed by atoms with E-state index in [0.29, 0.717) is 18.1 Å². The van der Waals surface area contributed by atoms with Gasteiger partial charge in [0.15, 0.2) is 5.82 Å². The quantitative estimate of drug-likeness (QED) is 0.874. The Kier molecular flexibility index (Phi) is 4.93. The summed E-state index contributed by atoms with van der Waals surface area (Å²) < 4.78 is 10.5. The number of carbonyl (C=O) groups is 1. The van der Waals surface area contributed by atoms with Gasteiger partial charge in [-0.1, -0.05) is 5.16 Å². The van der Waals surface area contributed by atoms with Crippen molar-refractivity contribution < 1.29 is 14.1 Å². The molecule has 19 heavy (non-hydrogen) atoms. The second-order valence-corrected chi connectivity index (χ2v) is 5.06. The maximum Gasteiger partial charge on any atom is 0.239 e. The lowest BCUT2D eigenvalue weighted by Crippen LogP contribution is -2.37. The molecule has 1 N–H and O–H groups in total. The fraction of sp³-hybridized carbons (Fsp3) is 0.692. The van der Waals surface area contributed by atoms with Crippen molar-refractivity contribution in [1.29, 1.82) is 0 Å². The first-order valence-electron chi connectivity index (χ1n) is 6.67. The molecule has 0 saturated carbocycles. The van der Waals surface area contributed by atoms with Crippen LogP contribution in [0, 0.1) is 6.92 Å². The number of rotatable bonds is 5. The number of aromatic nitrogens is 1. The zero-order valence-corrected chi connectivity index (χ0v) is 11.5. The highest BCUT2D eigenvalue weighted by Gasteiger charge is 2.17. The molecule has 2 heterocycles. The van der Waals surface area contributed by atoms with Crippen molar-refractivity contribution in [3.63, 3.8) is 0 Å². The minimum Gasteiger partial charge on any atom is -0.377 e. The van der Waals surface area contributed by atoms with Crippen LogP contribution in [0.4, 0.5) is 5.82 Å². The van der Waals surface area contributed by atoms with Crippen molar-refractivity contribution in [2.75, 3.05) is 32.1 Å². The molecular weight excluding hydrogens is 246 g/mol. The van der Waals surface area contributed by atoms with Gasteiger partial charge in [-0.2, -0.15) is 0 Å². The molecule has 106 valence electrons. The van der Waals surface area contributed by atoms with Crippen molar-refractivity contribution in [1.82, 2.24) is 10.1 Å². The summed E-state index contributed by atoms with van der Waals surface area (Å²) in [7, 11) is 1.92. The molecule has 0 unspecified atom stereocenters. The van der Waals surface area contributed by atoms with E-state index in [1.165, 1.54) is 6.42 Å². The summed E-state index contributed by atoms with van der Waals surface area (Å²) in [5.41, 5.74) is 0. The summed E-state index contributed by atoms with van der Waals surface area (Å²) in [4.78, 5) is 13.8. The molecule has 1 aliphatic heterocycles. The van der Waals surface area contributed by atoms with E-state index >= 15 is 0 Å². The SMILES string of the molecule is Cc1cc(NC(=O)CN(C)C[C@@H]2CCCCO2)no1. The predicted molar refractivity (Wildman–Crippen MR) is 71.0 cm³/mol. The van der Waals surface area contributed by atoms with Crippen molar-refractivity contribution in [2.45, 2.75) is 32.3 Å².